The molecule has 3 aromatic rings. The lowest BCUT2D eigenvalue weighted by molar-refractivity contribution is 0.101. The summed E-state index contributed by atoms with van der Waals surface area (Å²) in [4.78, 5) is 17.0. The molecule has 2 aromatic carbocycles. The van der Waals surface area contributed by atoms with Gasteiger partial charge in [-0.25, -0.2) is 0 Å². The van der Waals surface area contributed by atoms with E-state index >= 15 is 0 Å². The van der Waals surface area contributed by atoms with Gasteiger partial charge in [0.15, 0.2) is 0 Å². The van der Waals surface area contributed by atoms with Gasteiger partial charge < -0.3 is 0 Å². The predicted octanol–water partition coefficient (Wildman–Crippen LogP) is 5.31. The maximum Gasteiger partial charge on any atom is 0.270 e. The van der Waals surface area contributed by atoms with Crippen LogP contribution < -0.4 is 5.43 Å². The molecule has 0 bridgehead atoms. The highest BCUT2D eigenvalue weighted by atomic mass is 79.9. The Morgan fingerprint density at radius 3 is 2.50 bits per heavy atom. The quantitative estimate of drug-likeness (QED) is 0.582. The van der Waals surface area contributed by atoms with E-state index in [0.717, 1.165) is 27.1 Å². The lowest BCUT2D eigenvalue weighted by Crippen LogP contribution is -2.24. The standard InChI is InChI=1S/C21H20BrN3O/c1-14-9-10-20(19(22)11-14)23-13-18-12-15(2)25(16(18)3)24-21(26)17-7-5-4-6-8-17/h4-13H,1-3H3,(H,24,26). The van der Waals surface area contributed by atoms with Gasteiger partial charge in [-0.05, 0) is 72.6 Å². The highest BCUT2D eigenvalue weighted by molar-refractivity contribution is 9.10. The molecule has 1 amide bonds. The van der Waals surface area contributed by atoms with Gasteiger partial charge >= 0.3 is 0 Å². The first kappa shape index (κ1) is 18.1. The van der Waals surface area contributed by atoms with Crippen molar-refractivity contribution in [3.63, 3.8) is 0 Å². The second kappa shape index (κ2) is 7.70. The largest absolute Gasteiger partial charge is 0.270 e. The second-order valence-electron chi connectivity index (χ2n) is 6.18. The number of aromatic nitrogens is 1. The molecule has 4 nitrogen and oxygen atoms in total. The summed E-state index contributed by atoms with van der Waals surface area (Å²) in [5.74, 6) is -0.142. The van der Waals surface area contributed by atoms with Crippen LogP contribution in [0.25, 0.3) is 0 Å². The third kappa shape index (κ3) is 3.94. The van der Waals surface area contributed by atoms with Gasteiger partial charge in [0.05, 0.1) is 5.69 Å². The maximum absolute atomic E-state index is 12.4. The summed E-state index contributed by atoms with van der Waals surface area (Å²) in [5.41, 5.74) is 8.44. The van der Waals surface area contributed by atoms with Gasteiger partial charge in [0.2, 0.25) is 0 Å². The fraction of sp³-hybridized carbons (Fsp3) is 0.143. The highest BCUT2D eigenvalue weighted by Crippen LogP contribution is 2.26. The van der Waals surface area contributed by atoms with Crippen LogP contribution in [0, 0.1) is 20.8 Å². The summed E-state index contributed by atoms with van der Waals surface area (Å²) < 4.78 is 2.75. The van der Waals surface area contributed by atoms with Crippen molar-refractivity contribution >= 4 is 33.7 Å². The van der Waals surface area contributed by atoms with Crippen molar-refractivity contribution in [3.05, 3.63) is 87.1 Å². The zero-order valence-electron chi connectivity index (χ0n) is 15.0. The Bertz CT molecular complexity index is 974. The van der Waals surface area contributed by atoms with E-state index in [4.69, 9.17) is 0 Å². The molecule has 0 aliphatic rings. The highest BCUT2D eigenvalue weighted by Gasteiger charge is 2.11. The van der Waals surface area contributed by atoms with Crippen LogP contribution in [0.2, 0.25) is 0 Å². The molecule has 0 fully saturated rings. The van der Waals surface area contributed by atoms with Gasteiger partial charge in [0.25, 0.3) is 5.91 Å². The maximum atomic E-state index is 12.4. The number of hydrogen-bond donors (Lipinski definition) is 1. The van der Waals surface area contributed by atoms with E-state index in [1.165, 1.54) is 5.56 Å². The van der Waals surface area contributed by atoms with Crippen molar-refractivity contribution in [2.45, 2.75) is 20.8 Å². The van der Waals surface area contributed by atoms with Crippen LogP contribution in [0.5, 0.6) is 0 Å². The number of carbonyl (C=O) groups is 1. The molecule has 26 heavy (non-hydrogen) atoms. The Morgan fingerprint density at radius 2 is 1.81 bits per heavy atom. The van der Waals surface area contributed by atoms with Gasteiger partial charge in [-0.15, -0.1) is 0 Å². The van der Waals surface area contributed by atoms with Crippen molar-refractivity contribution in [3.8, 4) is 0 Å². The molecule has 0 spiro atoms. The average molecular weight is 410 g/mol. The van der Waals surface area contributed by atoms with E-state index in [1.807, 2.05) is 69.5 Å². The molecule has 0 aliphatic heterocycles. The Balaban J connectivity index is 1.84. The number of aliphatic imine (C=N–C) groups is 1. The number of aryl methyl sites for hydroxylation is 2. The molecule has 0 atom stereocenters. The fourth-order valence-electron chi connectivity index (χ4n) is 2.70. The van der Waals surface area contributed by atoms with E-state index in [-0.39, 0.29) is 5.91 Å². The first-order chi connectivity index (χ1) is 12.5. The van der Waals surface area contributed by atoms with E-state index in [2.05, 4.69) is 26.3 Å². The van der Waals surface area contributed by atoms with Crippen LogP contribution in [0.15, 0.2) is 64.1 Å². The molecular formula is C21H20BrN3O. The number of carbonyl (C=O) groups excluding carboxylic acids is 1. The van der Waals surface area contributed by atoms with Crippen molar-refractivity contribution in [2.24, 2.45) is 4.99 Å². The minimum absolute atomic E-state index is 0.142. The summed E-state index contributed by atoms with van der Waals surface area (Å²) in [5, 5.41) is 0. The fourth-order valence-corrected chi connectivity index (χ4v) is 3.30. The van der Waals surface area contributed by atoms with Gasteiger partial charge in [-0.3, -0.25) is 19.9 Å². The Kier molecular flexibility index (Phi) is 5.38. The monoisotopic (exact) mass is 409 g/mol. The molecule has 132 valence electrons. The van der Waals surface area contributed by atoms with Gasteiger partial charge in [-0.2, -0.15) is 0 Å². The molecule has 0 saturated heterocycles. The smallest absolute Gasteiger partial charge is 0.267 e. The average Bonchev–Trinajstić information content (AvgIpc) is 2.89. The lowest BCUT2D eigenvalue weighted by Gasteiger charge is -2.11. The van der Waals surface area contributed by atoms with Crippen molar-refractivity contribution in [1.82, 2.24) is 4.68 Å². The normalized spacial score (nSPS) is 11.1. The third-order valence-electron chi connectivity index (χ3n) is 4.17. The molecule has 0 aliphatic carbocycles. The third-order valence-corrected chi connectivity index (χ3v) is 4.80. The number of nitrogens with one attached hydrogen (secondary N) is 1. The van der Waals surface area contributed by atoms with Crippen LogP contribution in [0.1, 0.15) is 32.9 Å². The minimum Gasteiger partial charge on any atom is -0.267 e. The van der Waals surface area contributed by atoms with Crippen molar-refractivity contribution in [2.75, 3.05) is 5.43 Å². The van der Waals surface area contributed by atoms with E-state index in [0.29, 0.717) is 5.56 Å². The van der Waals surface area contributed by atoms with E-state index < -0.39 is 0 Å². The minimum atomic E-state index is -0.142. The Hall–Kier alpha value is -2.66. The van der Waals surface area contributed by atoms with Gasteiger partial charge in [0.1, 0.15) is 0 Å². The van der Waals surface area contributed by atoms with Gasteiger partial charge in [0, 0.05) is 33.2 Å². The molecule has 1 aromatic heterocycles. The van der Waals surface area contributed by atoms with Crippen LogP contribution in [0.3, 0.4) is 0 Å². The summed E-state index contributed by atoms with van der Waals surface area (Å²) in [6, 6.07) is 17.2. The predicted molar refractivity (Wildman–Crippen MR) is 110 cm³/mol. The zero-order valence-corrected chi connectivity index (χ0v) is 16.5. The summed E-state index contributed by atoms with van der Waals surface area (Å²) in [6.07, 6.45) is 1.82. The van der Waals surface area contributed by atoms with Crippen LogP contribution in [-0.4, -0.2) is 16.8 Å². The zero-order chi connectivity index (χ0) is 18.7. The number of amides is 1. The van der Waals surface area contributed by atoms with Crippen LogP contribution >= 0.6 is 15.9 Å². The molecule has 0 saturated carbocycles. The second-order valence-corrected chi connectivity index (χ2v) is 7.04. The van der Waals surface area contributed by atoms with Crippen molar-refractivity contribution in [1.29, 1.82) is 0 Å². The molecule has 5 heteroatoms. The van der Waals surface area contributed by atoms with Gasteiger partial charge in [-0.1, -0.05) is 24.3 Å². The lowest BCUT2D eigenvalue weighted by atomic mass is 10.2. The number of rotatable bonds is 4. The molecule has 1 N–H and O–H groups in total. The Labute approximate surface area is 161 Å². The number of hydrogen-bond acceptors (Lipinski definition) is 2. The number of benzene rings is 2. The van der Waals surface area contributed by atoms with Crippen LogP contribution in [-0.2, 0) is 0 Å². The Morgan fingerprint density at radius 1 is 1.08 bits per heavy atom. The number of nitrogens with zero attached hydrogens (tertiary/aromatic N) is 2. The molecule has 3 rings (SSSR count). The van der Waals surface area contributed by atoms with Crippen LogP contribution in [0.4, 0.5) is 5.69 Å². The molecule has 0 radical (unpaired) electrons. The number of halogens is 1. The SMILES string of the molecule is Cc1ccc(N=Cc2cc(C)n(NC(=O)c3ccccc3)c2C)c(Br)c1. The first-order valence-corrected chi connectivity index (χ1v) is 9.10. The summed E-state index contributed by atoms with van der Waals surface area (Å²) in [7, 11) is 0. The first-order valence-electron chi connectivity index (χ1n) is 8.31. The van der Waals surface area contributed by atoms with Crippen molar-refractivity contribution < 1.29 is 4.79 Å². The van der Waals surface area contributed by atoms with E-state index in [1.54, 1.807) is 16.8 Å². The topological polar surface area (TPSA) is 46.4 Å². The molecule has 0 unspecified atom stereocenters. The molecular weight excluding hydrogens is 390 g/mol. The van der Waals surface area contributed by atoms with E-state index in [9.17, 15) is 4.79 Å². The molecule has 1 heterocycles. The summed E-state index contributed by atoms with van der Waals surface area (Å²) in [6.45, 7) is 5.96. The summed E-state index contributed by atoms with van der Waals surface area (Å²) >= 11 is 3.54.